The van der Waals surface area contributed by atoms with E-state index in [0.717, 1.165) is 0 Å². The Kier molecular flexibility index (Phi) is 3.57. The van der Waals surface area contributed by atoms with Crippen molar-refractivity contribution < 1.29 is 17.9 Å². The quantitative estimate of drug-likeness (QED) is 0.875. The van der Waals surface area contributed by atoms with Gasteiger partial charge in [-0.25, -0.2) is 4.98 Å². The maximum absolute atomic E-state index is 12.2. The molecule has 0 bridgehead atoms. The minimum Gasteiger partial charge on any atom is -0.406 e. The van der Waals surface area contributed by atoms with E-state index in [2.05, 4.69) is 27.5 Å². The van der Waals surface area contributed by atoms with Crippen molar-refractivity contribution in [2.75, 3.05) is 5.32 Å². The van der Waals surface area contributed by atoms with E-state index in [1.54, 1.807) is 4.57 Å². The van der Waals surface area contributed by atoms with Gasteiger partial charge in [-0.15, -0.1) is 19.6 Å². The van der Waals surface area contributed by atoms with Crippen LogP contribution in [0.4, 0.5) is 19.1 Å². The highest BCUT2D eigenvalue weighted by atomic mass is 19.4. The molecule has 1 aromatic heterocycles. The number of fused-ring (bicyclic) bond motifs is 1. The van der Waals surface area contributed by atoms with Crippen LogP contribution in [0, 0.1) is 12.3 Å². The zero-order chi connectivity index (χ0) is 14.8. The highest BCUT2D eigenvalue weighted by Crippen LogP contribution is 2.28. The van der Waals surface area contributed by atoms with Gasteiger partial charge in [0.25, 0.3) is 0 Å². The summed E-state index contributed by atoms with van der Waals surface area (Å²) in [4.78, 5) is 4.15. The molecule has 2 aromatic rings. The summed E-state index contributed by atoms with van der Waals surface area (Å²) in [5.41, 5.74) is 0.938. The minimum absolute atomic E-state index is 0.228. The lowest BCUT2D eigenvalue weighted by molar-refractivity contribution is -0.274. The number of nitrogens with zero attached hydrogens (tertiary/aromatic N) is 2. The number of aromatic nitrogens is 2. The van der Waals surface area contributed by atoms with Crippen LogP contribution in [-0.2, 0) is 6.54 Å². The van der Waals surface area contributed by atoms with E-state index < -0.39 is 6.36 Å². The second-order valence-electron chi connectivity index (χ2n) is 3.77. The van der Waals surface area contributed by atoms with Gasteiger partial charge in [-0.2, -0.15) is 0 Å². The molecule has 0 saturated carbocycles. The molecule has 0 aliphatic rings. The maximum Gasteiger partial charge on any atom is 0.573 e. The molecule has 1 aromatic carbocycles. The van der Waals surface area contributed by atoms with Gasteiger partial charge < -0.3 is 10.1 Å². The van der Waals surface area contributed by atoms with Crippen LogP contribution in [0.1, 0.15) is 0 Å². The summed E-state index contributed by atoms with van der Waals surface area (Å²) in [6.07, 6.45) is 1.93. The molecule has 0 amide bonds. The number of terminal acetylenes is 1. The molecule has 0 fully saturated rings. The smallest absolute Gasteiger partial charge is 0.406 e. The molecule has 0 unspecified atom stereocenters. The maximum atomic E-state index is 12.2. The number of hydrogen-bond donors (Lipinski definition) is 1. The molecule has 1 N–H and O–H groups in total. The van der Waals surface area contributed by atoms with Crippen LogP contribution in [0.2, 0.25) is 0 Å². The summed E-state index contributed by atoms with van der Waals surface area (Å²) in [6.45, 7) is 3.73. The fourth-order valence-corrected chi connectivity index (χ4v) is 1.76. The molecule has 0 radical (unpaired) electrons. The average Bonchev–Trinajstić information content (AvgIpc) is 2.66. The summed E-state index contributed by atoms with van der Waals surface area (Å²) in [5.74, 6) is 2.52. The van der Waals surface area contributed by atoms with Crippen LogP contribution < -0.4 is 10.1 Å². The molecule has 0 atom stereocenters. The number of nitrogens with one attached hydrogen (secondary N) is 1. The Bertz CT molecular complexity index is 682. The monoisotopic (exact) mass is 281 g/mol. The van der Waals surface area contributed by atoms with Crippen molar-refractivity contribution in [3.8, 4) is 18.1 Å². The first-order valence-electron chi connectivity index (χ1n) is 5.51. The standard InChI is InChI=1S/C13H10F3N3O/c1-3-7-19-11-6-5-9(20-13(14,15)16)8-10(11)18-12(19)17-4-2/h1,4-6,8H,2,7H2,(H,17,18). The molecular formula is C13H10F3N3O. The van der Waals surface area contributed by atoms with E-state index in [9.17, 15) is 13.2 Å². The molecule has 7 heteroatoms. The first kappa shape index (κ1) is 13.8. The summed E-state index contributed by atoms with van der Waals surface area (Å²) in [6, 6.07) is 3.88. The van der Waals surface area contributed by atoms with E-state index in [0.29, 0.717) is 17.0 Å². The van der Waals surface area contributed by atoms with Gasteiger partial charge in [-0.05, 0) is 18.3 Å². The Hall–Kier alpha value is -2.62. The van der Waals surface area contributed by atoms with Gasteiger partial charge in [-0.3, -0.25) is 4.57 Å². The molecule has 2 rings (SSSR count). The summed E-state index contributed by atoms with van der Waals surface area (Å²) in [7, 11) is 0. The van der Waals surface area contributed by atoms with Crippen molar-refractivity contribution in [2.45, 2.75) is 12.9 Å². The van der Waals surface area contributed by atoms with Crippen molar-refractivity contribution in [1.29, 1.82) is 0 Å². The van der Waals surface area contributed by atoms with Gasteiger partial charge in [0, 0.05) is 6.07 Å². The van der Waals surface area contributed by atoms with E-state index in [1.807, 2.05) is 0 Å². The van der Waals surface area contributed by atoms with Crippen LogP contribution >= 0.6 is 0 Å². The predicted molar refractivity (Wildman–Crippen MR) is 69.1 cm³/mol. The highest BCUT2D eigenvalue weighted by Gasteiger charge is 2.31. The van der Waals surface area contributed by atoms with E-state index >= 15 is 0 Å². The third-order valence-electron chi connectivity index (χ3n) is 2.43. The first-order valence-corrected chi connectivity index (χ1v) is 5.51. The molecular weight excluding hydrogens is 271 g/mol. The van der Waals surface area contributed by atoms with Gasteiger partial charge >= 0.3 is 6.36 Å². The molecule has 0 saturated heterocycles. The van der Waals surface area contributed by atoms with E-state index in [-0.39, 0.29) is 12.3 Å². The normalized spacial score (nSPS) is 11.1. The summed E-state index contributed by atoms with van der Waals surface area (Å²) in [5, 5.41) is 2.78. The van der Waals surface area contributed by atoms with Gasteiger partial charge in [0.2, 0.25) is 5.95 Å². The average molecular weight is 281 g/mol. The van der Waals surface area contributed by atoms with E-state index in [4.69, 9.17) is 6.42 Å². The van der Waals surface area contributed by atoms with Crippen molar-refractivity contribution in [1.82, 2.24) is 9.55 Å². The fourth-order valence-electron chi connectivity index (χ4n) is 1.76. The topological polar surface area (TPSA) is 39.1 Å². The van der Waals surface area contributed by atoms with Crippen LogP contribution in [0.5, 0.6) is 5.75 Å². The van der Waals surface area contributed by atoms with Crippen LogP contribution in [0.25, 0.3) is 11.0 Å². The number of hydrogen-bond acceptors (Lipinski definition) is 3. The molecule has 1 heterocycles. The van der Waals surface area contributed by atoms with Crippen LogP contribution in [0.15, 0.2) is 31.0 Å². The Balaban J connectivity index is 2.48. The van der Waals surface area contributed by atoms with Crippen molar-refractivity contribution in [3.05, 3.63) is 31.0 Å². The highest BCUT2D eigenvalue weighted by molar-refractivity contribution is 5.80. The third-order valence-corrected chi connectivity index (χ3v) is 2.43. The number of alkyl halides is 3. The Morgan fingerprint density at radius 1 is 1.50 bits per heavy atom. The molecule has 4 nitrogen and oxygen atoms in total. The lowest BCUT2D eigenvalue weighted by Crippen LogP contribution is -2.17. The van der Waals surface area contributed by atoms with Gasteiger partial charge in [0.05, 0.1) is 17.6 Å². The molecule has 0 spiro atoms. The third kappa shape index (κ3) is 2.85. The Morgan fingerprint density at radius 3 is 2.85 bits per heavy atom. The number of ether oxygens (including phenoxy) is 1. The van der Waals surface area contributed by atoms with Crippen LogP contribution in [0.3, 0.4) is 0 Å². The lowest BCUT2D eigenvalue weighted by Gasteiger charge is -2.08. The number of rotatable bonds is 4. The van der Waals surface area contributed by atoms with Crippen molar-refractivity contribution in [2.24, 2.45) is 0 Å². The largest absolute Gasteiger partial charge is 0.573 e. The van der Waals surface area contributed by atoms with E-state index in [1.165, 1.54) is 24.4 Å². The first-order chi connectivity index (χ1) is 9.44. The zero-order valence-electron chi connectivity index (χ0n) is 10.2. The lowest BCUT2D eigenvalue weighted by atomic mass is 10.3. The number of halogens is 3. The van der Waals surface area contributed by atoms with Gasteiger partial charge in [0.15, 0.2) is 0 Å². The van der Waals surface area contributed by atoms with Crippen molar-refractivity contribution >= 4 is 17.0 Å². The predicted octanol–water partition coefficient (Wildman–Crippen LogP) is 3.12. The molecule has 0 aliphatic carbocycles. The molecule has 0 aliphatic heterocycles. The molecule has 104 valence electrons. The Labute approximate surface area is 112 Å². The summed E-state index contributed by atoms with van der Waals surface area (Å²) < 4.78 is 42.0. The number of benzene rings is 1. The SMILES string of the molecule is C#CCn1c(NC=C)nc2cc(OC(F)(F)F)ccc21. The van der Waals surface area contributed by atoms with Gasteiger partial charge in [-0.1, -0.05) is 12.5 Å². The van der Waals surface area contributed by atoms with Crippen LogP contribution in [-0.4, -0.2) is 15.9 Å². The second kappa shape index (κ2) is 5.17. The van der Waals surface area contributed by atoms with Gasteiger partial charge in [0.1, 0.15) is 5.75 Å². The van der Waals surface area contributed by atoms with Crippen molar-refractivity contribution in [3.63, 3.8) is 0 Å². The molecule has 20 heavy (non-hydrogen) atoms. The number of anilines is 1. The second-order valence-corrected chi connectivity index (χ2v) is 3.77. The Morgan fingerprint density at radius 2 is 2.25 bits per heavy atom. The fraction of sp³-hybridized carbons (Fsp3) is 0.154. The number of imidazole rings is 1. The minimum atomic E-state index is -4.74. The zero-order valence-corrected chi connectivity index (χ0v) is 10.2. The summed E-state index contributed by atoms with van der Waals surface area (Å²) >= 11 is 0.